The van der Waals surface area contributed by atoms with Gasteiger partial charge in [-0.2, -0.15) is 0 Å². The van der Waals surface area contributed by atoms with E-state index >= 15 is 0 Å². The van der Waals surface area contributed by atoms with Gasteiger partial charge in [0.2, 0.25) is 0 Å². The lowest BCUT2D eigenvalue weighted by Gasteiger charge is -2.33. The quantitative estimate of drug-likeness (QED) is 0.521. The first-order valence-electron chi connectivity index (χ1n) is 6.57. The van der Waals surface area contributed by atoms with Crippen molar-refractivity contribution in [2.24, 2.45) is 0 Å². The van der Waals surface area contributed by atoms with Crippen LogP contribution in [0, 0.1) is 0 Å². The Hall–Kier alpha value is -0.160. The maximum atomic E-state index is 5.62. The zero-order valence-corrected chi connectivity index (χ0v) is 12.1. The lowest BCUT2D eigenvalue weighted by Crippen LogP contribution is -2.46. The van der Waals surface area contributed by atoms with Crippen molar-refractivity contribution < 1.29 is 14.2 Å². The zero-order chi connectivity index (χ0) is 13.1. The minimum Gasteiger partial charge on any atom is -0.382 e. The van der Waals surface area contributed by atoms with Gasteiger partial charge in [0.05, 0.1) is 32.5 Å². The molecular formula is C13H29NO3. The third-order valence-electron chi connectivity index (χ3n) is 2.75. The number of nitrogens with zero attached hydrogens (tertiary/aromatic N) is 1. The molecule has 17 heavy (non-hydrogen) atoms. The summed E-state index contributed by atoms with van der Waals surface area (Å²) in [5.74, 6) is 0. The molecule has 104 valence electrons. The summed E-state index contributed by atoms with van der Waals surface area (Å²) in [6.07, 6.45) is 0. The van der Waals surface area contributed by atoms with Crippen LogP contribution in [0.4, 0.5) is 0 Å². The van der Waals surface area contributed by atoms with Crippen molar-refractivity contribution in [1.29, 1.82) is 0 Å². The van der Waals surface area contributed by atoms with Gasteiger partial charge in [0, 0.05) is 19.8 Å². The van der Waals surface area contributed by atoms with Gasteiger partial charge in [-0.1, -0.05) is 6.92 Å². The third kappa shape index (κ3) is 7.71. The molecule has 4 nitrogen and oxygen atoms in total. The number of hydrogen-bond acceptors (Lipinski definition) is 4. The van der Waals surface area contributed by atoms with Crippen molar-refractivity contribution >= 4 is 0 Å². The maximum Gasteiger partial charge on any atom is 0.0701 e. The van der Waals surface area contributed by atoms with Gasteiger partial charge in [-0.05, 0) is 27.3 Å². The highest BCUT2D eigenvalue weighted by Gasteiger charge is 2.19. The maximum absolute atomic E-state index is 5.62. The van der Waals surface area contributed by atoms with E-state index in [0.717, 1.165) is 19.8 Å². The molecule has 0 aromatic carbocycles. The van der Waals surface area contributed by atoms with Crippen molar-refractivity contribution in [1.82, 2.24) is 4.90 Å². The van der Waals surface area contributed by atoms with E-state index in [-0.39, 0.29) is 0 Å². The molecule has 0 amide bonds. The van der Waals surface area contributed by atoms with Crippen molar-refractivity contribution in [2.75, 3.05) is 46.7 Å². The van der Waals surface area contributed by atoms with Crippen LogP contribution in [0.15, 0.2) is 0 Å². The average molecular weight is 247 g/mol. The van der Waals surface area contributed by atoms with E-state index < -0.39 is 0 Å². The van der Waals surface area contributed by atoms with Crippen molar-refractivity contribution in [3.05, 3.63) is 0 Å². The molecule has 0 spiro atoms. The van der Waals surface area contributed by atoms with E-state index in [1.165, 1.54) is 0 Å². The monoisotopic (exact) mass is 247 g/mol. The minimum atomic E-state index is 0.330. The Morgan fingerprint density at radius 2 is 1.65 bits per heavy atom. The molecule has 0 N–H and O–H groups in total. The Morgan fingerprint density at radius 3 is 2.12 bits per heavy atom. The molecule has 0 aromatic heterocycles. The molecule has 0 aliphatic carbocycles. The predicted octanol–water partition coefficient (Wildman–Crippen LogP) is 1.78. The predicted molar refractivity (Wildman–Crippen MR) is 70.5 cm³/mol. The van der Waals surface area contributed by atoms with Crippen LogP contribution in [0.25, 0.3) is 0 Å². The Morgan fingerprint density at radius 1 is 1.00 bits per heavy atom. The van der Waals surface area contributed by atoms with Crippen molar-refractivity contribution in [2.45, 2.75) is 39.8 Å². The molecule has 0 aromatic rings. The zero-order valence-electron chi connectivity index (χ0n) is 12.1. The summed E-state index contributed by atoms with van der Waals surface area (Å²) < 4.78 is 16.1. The summed E-state index contributed by atoms with van der Waals surface area (Å²) in [7, 11) is 1.69. The topological polar surface area (TPSA) is 30.9 Å². The smallest absolute Gasteiger partial charge is 0.0701 e. The van der Waals surface area contributed by atoms with Crippen LogP contribution in [0.2, 0.25) is 0 Å². The SMILES string of the molecule is CCOCC(COCCOC)N(CC)C(C)C. The molecule has 0 bridgehead atoms. The van der Waals surface area contributed by atoms with Gasteiger partial charge in [-0.25, -0.2) is 0 Å². The molecule has 0 saturated carbocycles. The number of ether oxygens (including phenoxy) is 3. The van der Waals surface area contributed by atoms with Gasteiger partial charge >= 0.3 is 0 Å². The van der Waals surface area contributed by atoms with Crippen LogP contribution in [-0.4, -0.2) is 63.7 Å². The molecule has 0 radical (unpaired) electrons. The molecule has 0 heterocycles. The van der Waals surface area contributed by atoms with Gasteiger partial charge in [-0.3, -0.25) is 4.90 Å². The summed E-state index contributed by atoms with van der Waals surface area (Å²) in [5.41, 5.74) is 0. The van der Waals surface area contributed by atoms with Crippen LogP contribution >= 0.6 is 0 Å². The fourth-order valence-corrected chi connectivity index (χ4v) is 1.90. The minimum absolute atomic E-state index is 0.330. The van der Waals surface area contributed by atoms with Crippen LogP contribution in [0.5, 0.6) is 0 Å². The molecular weight excluding hydrogens is 218 g/mol. The number of methoxy groups -OCH3 is 1. The van der Waals surface area contributed by atoms with Gasteiger partial charge < -0.3 is 14.2 Å². The normalized spacial score (nSPS) is 13.6. The van der Waals surface area contributed by atoms with E-state index in [0.29, 0.717) is 31.9 Å². The first-order chi connectivity index (χ1) is 8.17. The summed E-state index contributed by atoms with van der Waals surface area (Å²) >= 11 is 0. The van der Waals surface area contributed by atoms with Crippen LogP contribution in [-0.2, 0) is 14.2 Å². The summed E-state index contributed by atoms with van der Waals surface area (Å²) in [4.78, 5) is 2.41. The molecule has 0 saturated heterocycles. The van der Waals surface area contributed by atoms with Gasteiger partial charge in [0.25, 0.3) is 0 Å². The molecule has 1 atom stereocenters. The first-order valence-corrected chi connectivity index (χ1v) is 6.57. The highest BCUT2D eigenvalue weighted by molar-refractivity contribution is 4.73. The number of hydrogen-bond donors (Lipinski definition) is 0. The molecule has 0 aliphatic heterocycles. The van der Waals surface area contributed by atoms with E-state index in [4.69, 9.17) is 14.2 Å². The van der Waals surface area contributed by atoms with Crippen LogP contribution < -0.4 is 0 Å². The van der Waals surface area contributed by atoms with E-state index in [1.807, 2.05) is 6.92 Å². The standard InChI is InChI=1S/C13H29NO3/c1-6-14(12(3)4)13(10-16-7-2)11-17-9-8-15-5/h12-13H,6-11H2,1-5H3. The largest absolute Gasteiger partial charge is 0.382 e. The van der Waals surface area contributed by atoms with Crippen molar-refractivity contribution in [3.8, 4) is 0 Å². The van der Waals surface area contributed by atoms with Crippen LogP contribution in [0.1, 0.15) is 27.7 Å². The Balaban J connectivity index is 4.10. The fraction of sp³-hybridized carbons (Fsp3) is 1.00. The van der Waals surface area contributed by atoms with E-state index in [9.17, 15) is 0 Å². The Kier molecular flexibility index (Phi) is 10.9. The highest BCUT2D eigenvalue weighted by Crippen LogP contribution is 2.07. The Labute approximate surface area is 106 Å². The molecule has 0 aliphatic rings. The molecule has 0 fully saturated rings. The number of likely N-dealkylation sites (N-methyl/N-ethyl adjacent to an activating group) is 1. The van der Waals surface area contributed by atoms with E-state index in [2.05, 4.69) is 25.7 Å². The molecule has 0 rings (SSSR count). The van der Waals surface area contributed by atoms with Gasteiger partial charge in [0.1, 0.15) is 0 Å². The molecule has 4 heteroatoms. The summed E-state index contributed by atoms with van der Waals surface area (Å²) in [6.45, 7) is 13.1. The lowest BCUT2D eigenvalue weighted by atomic mass is 10.2. The second-order valence-corrected chi connectivity index (χ2v) is 4.31. The highest BCUT2D eigenvalue weighted by atomic mass is 16.5. The van der Waals surface area contributed by atoms with Crippen molar-refractivity contribution in [3.63, 3.8) is 0 Å². The fourth-order valence-electron chi connectivity index (χ4n) is 1.90. The second-order valence-electron chi connectivity index (χ2n) is 4.31. The first kappa shape index (κ1) is 16.8. The van der Waals surface area contributed by atoms with Crippen LogP contribution in [0.3, 0.4) is 0 Å². The third-order valence-corrected chi connectivity index (χ3v) is 2.75. The lowest BCUT2D eigenvalue weighted by molar-refractivity contribution is -0.0130. The van der Waals surface area contributed by atoms with Gasteiger partial charge in [-0.15, -0.1) is 0 Å². The summed E-state index contributed by atoms with van der Waals surface area (Å²) in [5, 5.41) is 0. The average Bonchev–Trinajstić information content (AvgIpc) is 2.31. The molecule has 1 unspecified atom stereocenters. The Bertz CT molecular complexity index is 165. The van der Waals surface area contributed by atoms with E-state index in [1.54, 1.807) is 7.11 Å². The number of rotatable bonds is 11. The van der Waals surface area contributed by atoms with Gasteiger partial charge in [0.15, 0.2) is 0 Å². The second kappa shape index (κ2) is 11.0. The summed E-state index contributed by atoms with van der Waals surface area (Å²) in [6, 6.07) is 0.841.